The largest absolute Gasteiger partial charge is 0.416 e. The molecule has 0 atom stereocenters. The number of aryl methyl sites for hydroxylation is 1. The van der Waals surface area contributed by atoms with Crippen LogP contribution in [0.4, 0.5) is 13.2 Å². The van der Waals surface area contributed by atoms with Gasteiger partial charge in [0.1, 0.15) is 0 Å². The summed E-state index contributed by atoms with van der Waals surface area (Å²) < 4.78 is 36.8. The Hall–Kier alpha value is -0.740. The predicted octanol–water partition coefficient (Wildman–Crippen LogP) is 4.06. The van der Waals surface area contributed by atoms with Crippen LogP contribution in [0.3, 0.4) is 0 Å². The molecule has 0 bridgehead atoms. The lowest BCUT2D eigenvalue weighted by molar-refractivity contribution is -0.137. The molecule has 0 aliphatic rings. The molecule has 88 valence electrons. The molecule has 1 rings (SSSR count). The van der Waals surface area contributed by atoms with Crippen LogP contribution in [-0.4, -0.2) is 5.24 Å². The van der Waals surface area contributed by atoms with Crippen molar-refractivity contribution in [2.75, 3.05) is 0 Å². The van der Waals surface area contributed by atoms with Gasteiger partial charge in [0.2, 0.25) is 5.24 Å². The molecule has 0 heterocycles. The lowest BCUT2D eigenvalue weighted by Gasteiger charge is -2.09. The predicted molar refractivity (Wildman–Crippen MR) is 55.6 cm³/mol. The fraction of sp³-hybridized carbons (Fsp3) is 0.300. The van der Waals surface area contributed by atoms with Crippen LogP contribution in [0.25, 0.3) is 0 Å². The zero-order valence-corrected chi connectivity index (χ0v) is 9.46. The second kappa shape index (κ2) is 5.06. The number of rotatable bonds is 3. The van der Waals surface area contributed by atoms with Gasteiger partial charge < -0.3 is 0 Å². The Morgan fingerprint density at radius 1 is 1.31 bits per heavy atom. The molecule has 6 heteroatoms. The van der Waals surface area contributed by atoms with Gasteiger partial charge in [-0.25, -0.2) is 0 Å². The van der Waals surface area contributed by atoms with Crippen molar-refractivity contribution in [1.82, 2.24) is 0 Å². The Balaban J connectivity index is 2.88. The van der Waals surface area contributed by atoms with Crippen molar-refractivity contribution < 1.29 is 18.0 Å². The topological polar surface area (TPSA) is 17.1 Å². The molecule has 1 nitrogen and oxygen atoms in total. The van der Waals surface area contributed by atoms with E-state index in [0.29, 0.717) is 5.56 Å². The first-order valence-electron chi connectivity index (χ1n) is 4.34. The minimum atomic E-state index is -4.41. The van der Waals surface area contributed by atoms with Gasteiger partial charge in [-0.05, 0) is 35.7 Å². The fourth-order valence-corrected chi connectivity index (χ4v) is 1.53. The van der Waals surface area contributed by atoms with Crippen LogP contribution in [0.2, 0.25) is 5.02 Å². The van der Waals surface area contributed by atoms with E-state index in [1.807, 2.05) is 0 Å². The van der Waals surface area contributed by atoms with Crippen LogP contribution < -0.4 is 0 Å². The Bertz CT molecular complexity index is 402. The van der Waals surface area contributed by atoms with E-state index in [9.17, 15) is 18.0 Å². The number of alkyl halides is 3. The molecule has 0 aliphatic carbocycles. The van der Waals surface area contributed by atoms with Gasteiger partial charge in [0.25, 0.3) is 0 Å². The average molecular weight is 271 g/mol. The second-order valence-electron chi connectivity index (χ2n) is 3.16. The fourth-order valence-electron chi connectivity index (χ4n) is 1.16. The average Bonchev–Trinajstić information content (AvgIpc) is 2.14. The van der Waals surface area contributed by atoms with Crippen molar-refractivity contribution in [1.29, 1.82) is 0 Å². The normalized spacial score (nSPS) is 11.6. The van der Waals surface area contributed by atoms with Crippen LogP contribution in [-0.2, 0) is 17.4 Å². The standard InChI is InChI=1S/C10H7Cl2F3O/c11-8-5-7(10(13,14)15)3-1-6(8)2-4-9(12)16/h1,3,5H,2,4H2. The highest BCUT2D eigenvalue weighted by molar-refractivity contribution is 6.63. The van der Waals surface area contributed by atoms with Gasteiger partial charge in [-0.15, -0.1) is 0 Å². The first kappa shape index (κ1) is 13.3. The number of hydrogen-bond donors (Lipinski definition) is 0. The molecule has 0 saturated heterocycles. The van der Waals surface area contributed by atoms with Crippen LogP contribution in [0.15, 0.2) is 18.2 Å². The quantitative estimate of drug-likeness (QED) is 0.758. The van der Waals surface area contributed by atoms with E-state index >= 15 is 0 Å². The third kappa shape index (κ3) is 3.68. The summed E-state index contributed by atoms with van der Waals surface area (Å²) in [6, 6.07) is 3.03. The van der Waals surface area contributed by atoms with E-state index in [-0.39, 0.29) is 17.9 Å². The van der Waals surface area contributed by atoms with Crippen LogP contribution in [0.5, 0.6) is 0 Å². The Morgan fingerprint density at radius 3 is 2.38 bits per heavy atom. The third-order valence-corrected chi connectivity index (χ3v) is 2.51. The minimum absolute atomic E-state index is 0.00672. The number of hydrogen-bond acceptors (Lipinski definition) is 1. The van der Waals surface area contributed by atoms with Crippen molar-refractivity contribution in [2.45, 2.75) is 19.0 Å². The molecule has 0 amide bonds. The molecule has 1 aromatic rings. The molecular weight excluding hydrogens is 264 g/mol. The maximum atomic E-state index is 12.3. The second-order valence-corrected chi connectivity index (χ2v) is 3.99. The van der Waals surface area contributed by atoms with Gasteiger partial charge in [0, 0.05) is 11.4 Å². The lowest BCUT2D eigenvalue weighted by atomic mass is 10.1. The lowest BCUT2D eigenvalue weighted by Crippen LogP contribution is -2.05. The van der Waals surface area contributed by atoms with E-state index in [1.54, 1.807) is 0 Å². The van der Waals surface area contributed by atoms with E-state index in [4.69, 9.17) is 23.2 Å². The smallest absolute Gasteiger partial charge is 0.281 e. The SMILES string of the molecule is O=C(Cl)CCc1ccc(C(F)(F)F)cc1Cl. The molecule has 0 fully saturated rings. The summed E-state index contributed by atoms with van der Waals surface area (Å²) in [6.45, 7) is 0. The van der Waals surface area contributed by atoms with Gasteiger partial charge in [-0.3, -0.25) is 4.79 Å². The van der Waals surface area contributed by atoms with Crippen molar-refractivity contribution in [3.05, 3.63) is 34.3 Å². The maximum Gasteiger partial charge on any atom is 0.416 e. The molecule has 0 unspecified atom stereocenters. The van der Waals surface area contributed by atoms with Crippen LogP contribution >= 0.6 is 23.2 Å². The van der Waals surface area contributed by atoms with Crippen molar-refractivity contribution in [3.63, 3.8) is 0 Å². The summed E-state index contributed by atoms with van der Waals surface area (Å²) in [4.78, 5) is 10.5. The zero-order valence-electron chi connectivity index (χ0n) is 7.94. The van der Waals surface area contributed by atoms with E-state index in [1.165, 1.54) is 6.07 Å². The molecule has 16 heavy (non-hydrogen) atoms. The first-order valence-corrected chi connectivity index (χ1v) is 5.10. The summed E-state index contributed by atoms with van der Waals surface area (Å²) in [6.07, 6.45) is -4.13. The molecule has 0 saturated carbocycles. The highest BCUT2D eigenvalue weighted by Crippen LogP contribution is 2.32. The molecule has 0 aromatic heterocycles. The molecule has 1 aromatic carbocycles. The van der Waals surface area contributed by atoms with E-state index in [0.717, 1.165) is 12.1 Å². The summed E-state index contributed by atoms with van der Waals surface area (Å²) in [5.74, 6) is 0. The van der Waals surface area contributed by atoms with Gasteiger partial charge in [-0.1, -0.05) is 17.7 Å². The van der Waals surface area contributed by atoms with Crippen molar-refractivity contribution in [2.24, 2.45) is 0 Å². The Morgan fingerprint density at radius 2 is 1.94 bits per heavy atom. The molecule has 0 spiro atoms. The maximum absolute atomic E-state index is 12.3. The summed E-state index contributed by atoms with van der Waals surface area (Å²) >= 11 is 10.8. The number of halogens is 5. The minimum Gasteiger partial charge on any atom is -0.281 e. The zero-order chi connectivity index (χ0) is 12.3. The van der Waals surface area contributed by atoms with Crippen LogP contribution in [0.1, 0.15) is 17.5 Å². The Kier molecular flexibility index (Phi) is 4.21. The van der Waals surface area contributed by atoms with Crippen molar-refractivity contribution in [3.8, 4) is 0 Å². The summed E-state index contributed by atoms with van der Waals surface area (Å²) in [5.41, 5.74) is -0.331. The van der Waals surface area contributed by atoms with Gasteiger partial charge in [0.05, 0.1) is 5.56 Å². The molecule has 0 radical (unpaired) electrons. The first-order chi connectivity index (χ1) is 7.30. The monoisotopic (exact) mass is 270 g/mol. The highest BCUT2D eigenvalue weighted by Gasteiger charge is 2.30. The molecule has 0 N–H and O–H groups in total. The van der Waals surface area contributed by atoms with E-state index < -0.39 is 17.0 Å². The van der Waals surface area contributed by atoms with E-state index in [2.05, 4.69) is 0 Å². The highest BCUT2D eigenvalue weighted by atomic mass is 35.5. The number of carbonyl (C=O) groups excluding carboxylic acids is 1. The molecule has 0 aliphatic heterocycles. The number of benzene rings is 1. The van der Waals surface area contributed by atoms with Crippen LogP contribution in [0, 0.1) is 0 Å². The molecular formula is C10H7Cl2F3O. The van der Waals surface area contributed by atoms with Gasteiger partial charge >= 0.3 is 6.18 Å². The third-order valence-electron chi connectivity index (χ3n) is 1.97. The summed E-state index contributed by atoms with van der Waals surface area (Å²) in [5, 5.41) is -0.552. The number of carbonyl (C=O) groups is 1. The van der Waals surface area contributed by atoms with Gasteiger partial charge in [-0.2, -0.15) is 13.2 Å². The summed E-state index contributed by atoms with van der Waals surface area (Å²) in [7, 11) is 0. The van der Waals surface area contributed by atoms with Crippen molar-refractivity contribution >= 4 is 28.4 Å². The Labute approximate surface area is 100 Å². The van der Waals surface area contributed by atoms with Gasteiger partial charge in [0.15, 0.2) is 0 Å².